The molecule has 0 bridgehead atoms. The minimum Gasteiger partial charge on any atom is -0.265 e. The Bertz CT molecular complexity index is 1390. The van der Waals surface area contributed by atoms with Crippen molar-refractivity contribution in [2.45, 2.75) is 19.8 Å². The number of hydrogen-bond acceptors (Lipinski definition) is 3. The summed E-state index contributed by atoms with van der Waals surface area (Å²) in [6, 6.07) is 23.1. The van der Waals surface area contributed by atoms with Crippen LogP contribution in [-0.2, 0) is 12.8 Å². The predicted octanol–water partition coefficient (Wildman–Crippen LogP) is 5.56. The number of aromatic nitrogens is 4. The first-order chi connectivity index (χ1) is 14.8. The smallest absolute Gasteiger partial charge is 0.164 e. The third-order valence-corrected chi connectivity index (χ3v) is 5.98. The lowest BCUT2D eigenvalue weighted by atomic mass is 9.84. The van der Waals surface area contributed by atoms with Crippen molar-refractivity contribution >= 4 is 11.0 Å². The number of hydrogen-bond donors (Lipinski definition) is 0. The molecule has 4 nitrogen and oxygen atoms in total. The van der Waals surface area contributed by atoms with Crippen LogP contribution in [0.15, 0.2) is 79.1 Å². The highest BCUT2D eigenvalue weighted by Crippen LogP contribution is 2.42. The molecule has 0 amide bonds. The van der Waals surface area contributed by atoms with Crippen LogP contribution in [0.1, 0.15) is 16.8 Å². The number of fused-ring (bicyclic) bond motifs is 4. The lowest BCUT2D eigenvalue weighted by Gasteiger charge is -2.23. The predicted molar refractivity (Wildman–Crippen MR) is 120 cm³/mol. The molecule has 0 saturated heterocycles. The first kappa shape index (κ1) is 17.1. The van der Waals surface area contributed by atoms with E-state index in [9.17, 15) is 0 Å². The molecule has 3 heterocycles. The summed E-state index contributed by atoms with van der Waals surface area (Å²) in [6.45, 7) is 2.08. The van der Waals surface area contributed by atoms with Gasteiger partial charge >= 0.3 is 0 Å². The molecule has 30 heavy (non-hydrogen) atoms. The summed E-state index contributed by atoms with van der Waals surface area (Å²) in [6.07, 6.45) is 5.73. The van der Waals surface area contributed by atoms with Crippen molar-refractivity contribution < 1.29 is 0 Å². The Labute approximate surface area is 174 Å². The van der Waals surface area contributed by atoms with Gasteiger partial charge in [0.25, 0.3) is 0 Å². The second-order valence-corrected chi connectivity index (χ2v) is 7.74. The van der Waals surface area contributed by atoms with Gasteiger partial charge in [-0.25, -0.2) is 9.67 Å². The van der Waals surface area contributed by atoms with Crippen molar-refractivity contribution in [2.75, 3.05) is 0 Å². The van der Waals surface area contributed by atoms with Gasteiger partial charge in [0.2, 0.25) is 0 Å². The Morgan fingerprint density at radius 1 is 0.833 bits per heavy atom. The lowest BCUT2D eigenvalue weighted by Crippen LogP contribution is -2.09. The topological polar surface area (TPSA) is 43.6 Å². The molecule has 0 atom stereocenters. The van der Waals surface area contributed by atoms with Crippen molar-refractivity contribution in [1.29, 1.82) is 0 Å². The third-order valence-electron chi connectivity index (χ3n) is 5.98. The van der Waals surface area contributed by atoms with Gasteiger partial charge in [0.15, 0.2) is 5.65 Å². The molecule has 6 rings (SSSR count). The Morgan fingerprint density at radius 3 is 2.43 bits per heavy atom. The van der Waals surface area contributed by atoms with Crippen LogP contribution in [0.25, 0.3) is 39.1 Å². The molecule has 5 aromatic rings. The van der Waals surface area contributed by atoms with E-state index in [0.717, 1.165) is 41.0 Å². The van der Waals surface area contributed by atoms with Crippen LogP contribution in [0.4, 0.5) is 0 Å². The van der Waals surface area contributed by atoms with Crippen LogP contribution < -0.4 is 0 Å². The highest BCUT2D eigenvalue weighted by molar-refractivity contribution is 6.00. The second kappa shape index (κ2) is 6.63. The van der Waals surface area contributed by atoms with Gasteiger partial charge in [0, 0.05) is 23.5 Å². The second-order valence-electron chi connectivity index (χ2n) is 7.74. The number of aryl methyl sites for hydroxylation is 2. The molecule has 0 N–H and O–H groups in total. The average Bonchev–Trinajstić information content (AvgIpc) is 3.15. The molecule has 144 valence electrons. The first-order valence-electron chi connectivity index (χ1n) is 10.3. The monoisotopic (exact) mass is 388 g/mol. The summed E-state index contributed by atoms with van der Waals surface area (Å²) < 4.78 is 1.98. The van der Waals surface area contributed by atoms with Gasteiger partial charge in [-0.2, -0.15) is 5.10 Å². The number of rotatable bonds is 2. The van der Waals surface area contributed by atoms with E-state index in [4.69, 9.17) is 10.1 Å². The Morgan fingerprint density at radius 2 is 1.60 bits per heavy atom. The molecular weight excluding hydrogens is 368 g/mol. The first-order valence-corrected chi connectivity index (χ1v) is 10.3. The summed E-state index contributed by atoms with van der Waals surface area (Å²) in [4.78, 5) is 9.46. The maximum absolute atomic E-state index is 5.23. The molecule has 1 aliphatic carbocycles. The summed E-state index contributed by atoms with van der Waals surface area (Å²) >= 11 is 0. The summed E-state index contributed by atoms with van der Waals surface area (Å²) in [5, 5.41) is 6.04. The molecule has 4 heteroatoms. The van der Waals surface area contributed by atoms with E-state index < -0.39 is 0 Å². The van der Waals surface area contributed by atoms with Crippen LogP contribution >= 0.6 is 0 Å². The molecule has 3 aromatic heterocycles. The van der Waals surface area contributed by atoms with Crippen molar-refractivity contribution in [3.63, 3.8) is 0 Å². The zero-order chi connectivity index (χ0) is 20.1. The molecular formula is C26H20N4. The quantitative estimate of drug-likeness (QED) is 0.398. The van der Waals surface area contributed by atoms with E-state index in [2.05, 4.69) is 60.4 Å². The average molecular weight is 388 g/mol. The zero-order valence-corrected chi connectivity index (χ0v) is 16.7. The number of pyridine rings is 2. The van der Waals surface area contributed by atoms with Gasteiger partial charge in [0.05, 0.1) is 22.5 Å². The van der Waals surface area contributed by atoms with Crippen molar-refractivity contribution in [2.24, 2.45) is 0 Å². The highest BCUT2D eigenvalue weighted by atomic mass is 15.3. The molecule has 0 fully saturated rings. The summed E-state index contributed by atoms with van der Waals surface area (Å²) in [5.41, 5.74) is 10.3. The number of para-hydroxylation sites is 1. The summed E-state index contributed by atoms with van der Waals surface area (Å²) in [7, 11) is 0. The molecule has 1 aliphatic rings. The van der Waals surface area contributed by atoms with Gasteiger partial charge in [-0.1, -0.05) is 42.5 Å². The molecule has 0 radical (unpaired) electrons. The van der Waals surface area contributed by atoms with Gasteiger partial charge < -0.3 is 0 Å². The van der Waals surface area contributed by atoms with Crippen LogP contribution in [-0.4, -0.2) is 19.7 Å². The molecule has 2 aromatic carbocycles. The molecule has 0 saturated carbocycles. The van der Waals surface area contributed by atoms with Crippen molar-refractivity contribution in [3.05, 3.63) is 95.9 Å². The Kier molecular flexibility index (Phi) is 3.78. The SMILES string of the molecule is Cc1nn(-c2ccccc2)c2nc3c(c(-c4ccncc4)c12)CCc1ccccc1-3. The van der Waals surface area contributed by atoms with E-state index in [-0.39, 0.29) is 0 Å². The van der Waals surface area contributed by atoms with Gasteiger partial charge in [-0.3, -0.25) is 4.98 Å². The standard InChI is InChI=1S/C26H20N4/c1-17-23-24(19-13-15-27-16-14-19)22-12-11-18-7-5-6-10-21(18)25(22)28-26(23)30(29-17)20-8-3-2-4-9-20/h2-10,13-16H,11-12H2,1H3. The van der Waals surface area contributed by atoms with Crippen LogP contribution in [0.3, 0.4) is 0 Å². The van der Waals surface area contributed by atoms with E-state index in [0.29, 0.717) is 0 Å². The van der Waals surface area contributed by atoms with Crippen LogP contribution in [0.2, 0.25) is 0 Å². The van der Waals surface area contributed by atoms with E-state index in [1.54, 1.807) is 0 Å². The molecule has 0 spiro atoms. The van der Waals surface area contributed by atoms with Crippen LogP contribution in [0.5, 0.6) is 0 Å². The Balaban J connectivity index is 1.77. The van der Waals surface area contributed by atoms with E-state index in [1.807, 2.05) is 35.3 Å². The fourth-order valence-electron chi connectivity index (χ4n) is 4.64. The normalized spacial score (nSPS) is 12.6. The molecule has 0 unspecified atom stereocenters. The Hall–Kier alpha value is -3.79. The largest absolute Gasteiger partial charge is 0.265 e. The third kappa shape index (κ3) is 2.50. The van der Waals surface area contributed by atoms with Crippen molar-refractivity contribution in [3.8, 4) is 28.1 Å². The van der Waals surface area contributed by atoms with Crippen LogP contribution in [0, 0.1) is 6.92 Å². The zero-order valence-electron chi connectivity index (χ0n) is 16.7. The maximum atomic E-state index is 5.23. The maximum Gasteiger partial charge on any atom is 0.164 e. The summed E-state index contributed by atoms with van der Waals surface area (Å²) in [5.74, 6) is 0. The van der Waals surface area contributed by atoms with E-state index >= 15 is 0 Å². The van der Waals surface area contributed by atoms with E-state index in [1.165, 1.54) is 27.8 Å². The van der Waals surface area contributed by atoms with Gasteiger partial charge in [-0.15, -0.1) is 0 Å². The number of benzene rings is 2. The highest BCUT2D eigenvalue weighted by Gasteiger charge is 2.26. The molecule has 0 aliphatic heterocycles. The fourth-order valence-corrected chi connectivity index (χ4v) is 4.64. The number of nitrogens with zero attached hydrogens (tertiary/aromatic N) is 4. The minimum atomic E-state index is 0.904. The van der Waals surface area contributed by atoms with Gasteiger partial charge in [-0.05, 0) is 60.7 Å². The minimum absolute atomic E-state index is 0.904. The lowest BCUT2D eigenvalue weighted by molar-refractivity contribution is 0.875. The fraction of sp³-hybridized carbons (Fsp3) is 0.115. The van der Waals surface area contributed by atoms with Gasteiger partial charge in [0.1, 0.15) is 0 Å². The van der Waals surface area contributed by atoms with Crippen molar-refractivity contribution in [1.82, 2.24) is 19.7 Å².